The van der Waals surface area contributed by atoms with E-state index in [1.54, 1.807) is 0 Å². The molecule has 9 aromatic rings. The summed E-state index contributed by atoms with van der Waals surface area (Å²) < 4.78 is 0.480. The molecule has 0 amide bonds. The van der Waals surface area contributed by atoms with Crippen LogP contribution in [0.3, 0.4) is 0 Å². The summed E-state index contributed by atoms with van der Waals surface area (Å²) in [6, 6.07) is 0. The van der Waals surface area contributed by atoms with Gasteiger partial charge in [0.1, 0.15) is 0 Å². The van der Waals surface area contributed by atoms with E-state index in [1.807, 2.05) is 0 Å². The van der Waals surface area contributed by atoms with Crippen molar-refractivity contribution in [2.24, 2.45) is 0 Å². The SMILES string of the molecule is O=C1c2[c](c3c(=O)c3c3c(=O)c23)[Ge]2([C](=O)c3[c]2c2c(=O)c2c2c(=O)c32)[c]2c1c1c(=O)c1c1c(=O)c21. The average molecular weight is 513 g/mol. The van der Waals surface area contributed by atoms with Gasteiger partial charge in [-0.15, -0.1) is 0 Å². The van der Waals surface area contributed by atoms with Crippen LogP contribution in [0.5, 0.6) is 0 Å². The Morgan fingerprint density at radius 2 is 0.600 bits per heavy atom. The minimum absolute atomic E-state index is 0.00546. The summed E-state index contributed by atoms with van der Waals surface area (Å²) in [6.45, 7) is 0. The van der Waals surface area contributed by atoms with E-state index in [1.165, 1.54) is 0 Å². The Morgan fingerprint density at radius 1 is 0.314 bits per heavy atom. The van der Waals surface area contributed by atoms with Crippen LogP contribution in [0.25, 0.3) is 64.6 Å². The molecule has 11 rings (SSSR count). The summed E-state index contributed by atoms with van der Waals surface area (Å²) in [4.78, 5) is 104. The van der Waals surface area contributed by atoms with Crippen molar-refractivity contribution >= 4 is 101 Å². The van der Waals surface area contributed by atoms with Crippen molar-refractivity contribution < 1.29 is 9.59 Å². The molecule has 0 bridgehead atoms. The monoisotopic (exact) mass is 514 g/mol. The summed E-state index contributed by atoms with van der Waals surface area (Å²) in [5, 5.41) is 2.47. The van der Waals surface area contributed by atoms with E-state index in [0.29, 0.717) is 4.40 Å². The van der Waals surface area contributed by atoms with E-state index in [-0.39, 0.29) is 101 Å². The Labute approximate surface area is 189 Å². The maximum absolute atomic E-state index is 14.2. The van der Waals surface area contributed by atoms with E-state index in [0.717, 1.165) is 0 Å². The van der Waals surface area contributed by atoms with Gasteiger partial charge in [-0.2, -0.15) is 0 Å². The van der Waals surface area contributed by atoms with Gasteiger partial charge in [-0.1, -0.05) is 0 Å². The van der Waals surface area contributed by atoms with Crippen LogP contribution in [0.1, 0.15) is 26.3 Å². The molecule has 35 heavy (non-hydrogen) atoms. The molecule has 0 aromatic heterocycles. The molecule has 0 atom stereocenters. The van der Waals surface area contributed by atoms with Gasteiger partial charge < -0.3 is 0 Å². The summed E-state index contributed by atoms with van der Waals surface area (Å²) in [7, 11) is 0. The number of rotatable bonds is 0. The van der Waals surface area contributed by atoms with Crippen molar-refractivity contribution in [3.05, 3.63) is 78.0 Å². The van der Waals surface area contributed by atoms with Crippen molar-refractivity contribution in [3.8, 4) is 0 Å². The molecule has 9 aromatic carbocycles. The molecule has 0 aliphatic carbocycles. The molecule has 0 unspecified atom stereocenters. The standard InChI is InChI=1S/C26GeO8/c28-19-1-4(19)12-16(10-6(1)22(10)31)27(17-11-7(23(11)32)2-5(20(2)29)13(17)25(12)34)18-14-8(24(14)33)3-9(21(3)30)15(18)26(27)35. The van der Waals surface area contributed by atoms with Crippen molar-refractivity contribution in [2.45, 2.75) is 0 Å². The third kappa shape index (κ3) is 1.15. The summed E-state index contributed by atoms with van der Waals surface area (Å²) in [5.74, 6) is -0.614. The third-order valence-electron chi connectivity index (χ3n) is 9.00. The second kappa shape index (κ2) is 3.81. The van der Waals surface area contributed by atoms with Crippen LogP contribution in [0.4, 0.5) is 0 Å². The van der Waals surface area contributed by atoms with Crippen molar-refractivity contribution in [1.82, 2.24) is 0 Å². The first-order valence-corrected chi connectivity index (χ1v) is 15.1. The van der Waals surface area contributed by atoms with E-state index in [2.05, 4.69) is 0 Å². The topological polar surface area (TPSA) is 137 Å². The number of fused-ring (bicyclic) bond motifs is 21. The first-order chi connectivity index (χ1) is 16.8. The third-order valence-corrected chi connectivity index (χ3v) is 18.8. The number of carbonyl (C=O) groups excluding carboxylic acids is 2. The fourth-order valence-electron chi connectivity index (χ4n) is 7.41. The van der Waals surface area contributed by atoms with Crippen molar-refractivity contribution in [2.75, 3.05) is 0 Å². The molecule has 0 saturated carbocycles. The fraction of sp³-hybridized carbons (Fsp3) is 0. The molecule has 0 N–H and O–H groups in total. The number of carbonyl (C=O) groups is 2. The van der Waals surface area contributed by atoms with E-state index in [9.17, 15) is 38.4 Å². The van der Waals surface area contributed by atoms with Gasteiger partial charge in [0.15, 0.2) is 0 Å². The molecule has 156 valence electrons. The molecule has 0 fully saturated rings. The Balaban J connectivity index is 1.49. The zero-order chi connectivity index (χ0) is 23.5. The molecule has 2 aliphatic heterocycles. The molecular weight excluding hydrogens is 513 g/mol. The van der Waals surface area contributed by atoms with Gasteiger partial charge in [-0.25, -0.2) is 0 Å². The predicted octanol–water partition coefficient (Wildman–Crippen LogP) is -2.23. The second-order valence-corrected chi connectivity index (χ2v) is 17.4. The second-order valence-electron chi connectivity index (χ2n) is 10.1. The predicted molar refractivity (Wildman–Crippen MR) is 129 cm³/mol. The molecule has 2 heterocycles. The summed E-state index contributed by atoms with van der Waals surface area (Å²) >= 11 is -4.76. The van der Waals surface area contributed by atoms with Gasteiger partial charge in [0, 0.05) is 0 Å². The van der Waals surface area contributed by atoms with E-state index in [4.69, 9.17) is 0 Å². The van der Waals surface area contributed by atoms with Gasteiger partial charge in [0.05, 0.1) is 0 Å². The van der Waals surface area contributed by atoms with Crippen LogP contribution < -0.4 is 45.8 Å². The van der Waals surface area contributed by atoms with Gasteiger partial charge >= 0.3 is 189 Å². The first-order valence-electron chi connectivity index (χ1n) is 10.9. The van der Waals surface area contributed by atoms with E-state index < -0.39 is 45.4 Å². The molecular formula is C26GeO8. The van der Waals surface area contributed by atoms with Gasteiger partial charge in [-0.05, 0) is 0 Å². The molecule has 0 radical (unpaired) electrons. The van der Waals surface area contributed by atoms with Crippen LogP contribution in [-0.4, -0.2) is 23.7 Å². The molecule has 1 spiro atoms. The van der Waals surface area contributed by atoms with Crippen LogP contribution in [-0.2, 0) is 0 Å². The molecule has 0 saturated heterocycles. The van der Waals surface area contributed by atoms with Crippen LogP contribution >= 0.6 is 0 Å². The number of hydrogen-bond donors (Lipinski definition) is 0. The number of ketones is 1. The van der Waals surface area contributed by atoms with Crippen LogP contribution in [0.2, 0.25) is 0 Å². The summed E-state index contributed by atoms with van der Waals surface area (Å²) in [5.41, 5.74) is -2.19. The Morgan fingerprint density at radius 3 is 1.00 bits per heavy atom. The zero-order valence-electron chi connectivity index (χ0n) is 16.8. The van der Waals surface area contributed by atoms with Gasteiger partial charge in [-0.3, -0.25) is 0 Å². The Kier molecular flexibility index (Phi) is 1.77. The van der Waals surface area contributed by atoms with Crippen molar-refractivity contribution in [3.63, 3.8) is 0 Å². The normalized spacial score (nSPS) is 17.6. The minimum atomic E-state index is -4.76. The number of benzene rings is 3. The average Bonchev–Trinajstić information content (AvgIpc) is 3.52. The number of hydrogen-bond acceptors (Lipinski definition) is 8. The maximum atomic E-state index is 14.2. The first kappa shape index (κ1) is 16.2. The summed E-state index contributed by atoms with van der Waals surface area (Å²) in [6.07, 6.45) is 0. The molecule has 9 heteroatoms. The zero-order valence-corrected chi connectivity index (χ0v) is 18.9. The van der Waals surface area contributed by atoms with Crippen LogP contribution in [0.15, 0.2) is 28.8 Å². The Bertz CT molecular complexity index is 2730. The quantitative estimate of drug-likeness (QED) is 0.208. The van der Waals surface area contributed by atoms with Gasteiger partial charge in [0.25, 0.3) is 0 Å². The molecule has 2 aliphatic rings. The Hall–Kier alpha value is -4.44. The van der Waals surface area contributed by atoms with E-state index >= 15 is 0 Å². The fourth-order valence-corrected chi connectivity index (χ4v) is 19.0. The van der Waals surface area contributed by atoms with Crippen molar-refractivity contribution in [1.29, 1.82) is 0 Å². The van der Waals surface area contributed by atoms with Crippen LogP contribution in [0, 0.1) is 0 Å². The molecule has 8 nitrogen and oxygen atoms in total. The van der Waals surface area contributed by atoms with Gasteiger partial charge in [0.2, 0.25) is 0 Å².